The van der Waals surface area contributed by atoms with Crippen LogP contribution in [0.25, 0.3) is 10.6 Å². The number of aromatic nitrogens is 1. The molecule has 0 aliphatic carbocycles. The third-order valence-electron chi connectivity index (χ3n) is 3.96. The van der Waals surface area contributed by atoms with Crippen molar-refractivity contribution in [3.63, 3.8) is 0 Å². The van der Waals surface area contributed by atoms with Gasteiger partial charge in [0.05, 0.1) is 15.8 Å². The molecule has 1 saturated heterocycles. The Hall–Kier alpha value is -1.76. The summed E-state index contributed by atoms with van der Waals surface area (Å²) in [6.45, 7) is 0.193. The fourth-order valence-electron chi connectivity index (χ4n) is 2.64. The van der Waals surface area contributed by atoms with Crippen LogP contribution in [0.15, 0.2) is 60.0 Å². The number of rotatable bonds is 5. The molecule has 0 N–H and O–H groups in total. The summed E-state index contributed by atoms with van der Waals surface area (Å²) >= 11 is 5.47. The molecule has 0 spiro atoms. The minimum Gasteiger partial charge on any atom is -0.456 e. The zero-order valence-electron chi connectivity index (χ0n) is 14.0. The standard InChI is InChI=1S/C20H17NO2S3/c22-19(15-6-8-16(9-7-15)20-24-10-11-25-20)23-12-17-13-26-18(21-17)14-4-2-1-3-5-14/h1-9,13,20H,10-12H2. The number of thioether (sulfide) groups is 2. The molecule has 2 heterocycles. The molecule has 26 heavy (non-hydrogen) atoms. The number of nitrogens with zero attached hydrogens (tertiary/aromatic N) is 1. The Morgan fingerprint density at radius 1 is 1.04 bits per heavy atom. The van der Waals surface area contributed by atoms with E-state index in [2.05, 4.69) is 4.98 Å². The van der Waals surface area contributed by atoms with Crippen LogP contribution in [0.3, 0.4) is 0 Å². The van der Waals surface area contributed by atoms with Crippen molar-refractivity contribution in [2.24, 2.45) is 0 Å². The van der Waals surface area contributed by atoms with Crippen molar-refractivity contribution in [3.05, 3.63) is 76.8 Å². The van der Waals surface area contributed by atoms with E-state index in [1.54, 1.807) is 11.3 Å². The Labute approximate surface area is 165 Å². The summed E-state index contributed by atoms with van der Waals surface area (Å²) in [5, 5.41) is 2.88. The molecule has 6 heteroatoms. The van der Waals surface area contributed by atoms with Crippen LogP contribution < -0.4 is 0 Å². The highest BCUT2D eigenvalue weighted by Gasteiger charge is 2.18. The number of hydrogen-bond acceptors (Lipinski definition) is 6. The van der Waals surface area contributed by atoms with E-state index in [4.69, 9.17) is 4.74 Å². The molecule has 1 aromatic heterocycles. The number of benzene rings is 2. The van der Waals surface area contributed by atoms with E-state index in [9.17, 15) is 4.79 Å². The molecule has 0 amide bonds. The number of carbonyl (C=O) groups is 1. The van der Waals surface area contributed by atoms with Gasteiger partial charge >= 0.3 is 5.97 Å². The number of carbonyl (C=O) groups excluding carboxylic acids is 1. The van der Waals surface area contributed by atoms with E-state index in [-0.39, 0.29) is 12.6 Å². The zero-order chi connectivity index (χ0) is 17.8. The van der Waals surface area contributed by atoms with Gasteiger partial charge in [-0.3, -0.25) is 0 Å². The Balaban J connectivity index is 1.36. The molecule has 132 valence electrons. The molecule has 3 nitrogen and oxygen atoms in total. The Morgan fingerprint density at radius 2 is 1.77 bits per heavy atom. The lowest BCUT2D eigenvalue weighted by Crippen LogP contribution is -2.05. The number of thiazole rings is 1. The van der Waals surface area contributed by atoms with Crippen LogP contribution in [0, 0.1) is 0 Å². The number of hydrogen-bond donors (Lipinski definition) is 0. The predicted octanol–water partition coefficient (Wildman–Crippen LogP) is 5.65. The predicted molar refractivity (Wildman–Crippen MR) is 111 cm³/mol. The van der Waals surface area contributed by atoms with Crippen LogP contribution in [0.4, 0.5) is 0 Å². The van der Waals surface area contributed by atoms with Gasteiger partial charge in [-0.05, 0) is 17.7 Å². The van der Waals surface area contributed by atoms with Crippen molar-refractivity contribution in [1.29, 1.82) is 0 Å². The Morgan fingerprint density at radius 3 is 2.50 bits per heavy atom. The van der Waals surface area contributed by atoms with Gasteiger partial charge in [-0.15, -0.1) is 34.9 Å². The first kappa shape index (κ1) is 17.6. The molecule has 1 aliphatic rings. The van der Waals surface area contributed by atoms with Crippen LogP contribution >= 0.6 is 34.9 Å². The summed E-state index contributed by atoms with van der Waals surface area (Å²) < 4.78 is 5.92. The van der Waals surface area contributed by atoms with Gasteiger partial charge in [0.25, 0.3) is 0 Å². The smallest absolute Gasteiger partial charge is 0.338 e. The molecule has 0 bridgehead atoms. The van der Waals surface area contributed by atoms with E-state index in [0.717, 1.165) is 16.3 Å². The molecule has 2 aromatic carbocycles. The van der Waals surface area contributed by atoms with Gasteiger partial charge in [0.2, 0.25) is 0 Å². The highest BCUT2D eigenvalue weighted by molar-refractivity contribution is 8.19. The average molecular weight is 400 g/mol. The van der Waals surface area contributed by atoms with E-state index < -0.39 is 0 Å². The first-order valence-electron chi connectivity index (χ1n) is 8.30. The van der Waals surface area contributed by atoms with Gasteiger partial charge in [-0.2, -0.15) is 0 Å². The Kier molecular flexibility index (Phi) is 5.62. The summed E-state index contributed by atoms with van der Waals surface area (Å²) in [6, 6.07) is 17.8. The normalized spacial score (nSPS) is 14.5. The lowest BCUT2D eigenvalue weighted by molar-refractivity contribution is 0.0468. The van der Waals surface area contributed by atoms with Crippen molar-refractivity contribution in [2.75, 3.05) is 11.5 Å². The van der Waals surface area contributed by atoms with Crippen molar-refractivity contribution >= 4 is 40.8 Å². The lowest BCUT2D eigenvalue weighted by atomic mass is 10.1. The molecule has 0 radical (unpaired) electrons. The van der Waals surface area contributed by atoms with Gasteiger partial charge < -0.3 is 4.74 Å². The highest BCUT2D eigenvalue weighted by Crippen LogP contribution is 2.45. The SMILES string of the molecule is O=C(OCc1csc(-c2ccccc2)n1)c1ccc(C2SCCS2)cc1. The first-order chi connectivity index (χ1) is 12.8. The molecule has 3 aromatic rings. The first-order valence-corrected chi connectivity index (χ1v) is 11.3. The van der Waals surface area contributed by atoms with Crippen molar-refractivity contribution < 1.29 is 9.53 Å². The maximum Gasteiger partial charge on any atom is 0.338 e. The molecule has 0 saturated carbocycles. The minimum absolute atomic E-state index is 0.193. The summed E-state index contributed by atoms with van der Waals surface area (Å²) in [7, 11) is 0. The molecule has 1 aliphatic heterocycles. The molecule has 0 atom stereocenters. The van der Waals surface area contributed by atoms with Crippen molar-refractivity contribution in [2.45, 2.75) is 11.2 Å². The average Bonchev–Trinajstić information content (AvgIpc) is 3.39. The third-order valence-corrected chi connectivity index (χ3v) is 8.01. The fraction of sp³-hybridized carbons (Fsp3) is 0.200. The van der Waals surface area contributed by atoms with E-state index >= 15 is 0 Å². The largest absolute Gasteiger partial charge is 0.456 e. The second-order valence-electron chi connectivity index (χ2n) is 5.78. The summed E-state index contributed by atoms with van der Waals surface area (Å²) in [4.78, 5) is 16.8. The topological polar surface area (TPSA) is 39.2 Å². The maximum absolute atomic E-state index is 12.3. The van der Waals surface area contributed by atoms with E-state index in [1.807, 2.05) is 83.5 Å². The fourth-order valence-corrected chi connectivity index (χ4v) is 6.31. The summed E-state index contributed by atoms with van der Waals surface area (Å²) in [6.07, 6.45) is 0. The summed E-state index contributed by atoms with van der Waals surface area (Å²) in [5.41, 5.74) is 3.70. The zero-order valence-corrected chi connectivity index (χ0v) is 16.4. The molecular weight excluding hydrogens is 382 g/mol. The minimum atomic E-state index is -0.308. The van der Waals surface area contributed by atoms with Gasteiger partial charge in [-0.25, -0.2) is 9.78 Å². The van der Waals surface area contributed by atoms with E-state index in [1.165, 1.54) is 17.1 Å². The molecule has 0 unspecified atom stereocenters. The maximum atomic E-state index is 12.3. The van der Waals surface area contributed by atoms with Crippen LogP contribution in [-0.4, -0.2) is 22.5 Å². The summed E-state index contributed by atoms with van der Waals surface area (Å²) in [5.74, 6) is 2.08. The Bertz CT molecular complexity index is 872. The van der Waals surface area contributed by atoms with Crippen LogP contribution in [0.2, 0.25) is 0 Å². The molecular formula is C20H17NO2S3. The van der Waals surface area contributed by atoms with Crippen molar-refractivity contribution in [1.82, 2.24) is 4.98 Å². The highest BCUT2D eigenvalue weighted by atomic mass is 32.2. The second-order valence-corrected chi connectivity index (χ2v) is 9.36. The molecule has 4 rings (SSSR count). The molecule has 1 fully saturated rings. The number of ether oxygens (including phenoxy) is 1. The van der Waals surface area contributed by atoms with Gasteiger partial charge in [0, 0.05) is 22.4 Å². The van der Waals surface area contributed by atoms with Crippen LogP contribution in [0.1, 0.15) is 26.2 Å². The van der Waals surface area contributed by atoms with Crippen LogP contribution in [0.5, 0.6) is 0 Å². The second kappa shape index (κ2) is 8.29. The van der Waals surface area contributed by atoms with E-state index in [0.29, 0.717) is 10.1 Å². The number of esters is 1. The van der Waals surface area contributed by atoms with Gasteiger partial charge in [0.15, 0.2) is 0 Å². The van der Waals surface area contributed by atoms with Crippen LogP contribution in [-0.2, 0) is 11.3 Å². The third kappa shape index (κ3) is 4.14. The van der Waals surface area contributed by atoms with Gasteiger partial charge in [-0.1, -0.05) is 42.5 Å². The quantitative estimate of drug-likeness (QED) is 0.519. The monoisotopic (exact) mass is 399 g/mol. The van der Waals surface area contributed by atoms with Gasteiger partial charge in [0.1, 0.15) is 11.6 Å². The van der Waals surface area contributed by atoms with Crippen molar-refractivity contribution in [3.8, 4) is 10.6 Å². The lowest BCUT2D eigenvalue weighted by Gasteiger charge is -2.09.